The summed E-state index contributed by atoms with van der Waals surface area (Å²) in [6.45, 7) is 3.45. The molecule has 35 heavy (non-hydrogen) atoms. The molecule has 0 atom stereocenters. The van der Waals surface area contributed by atoms with Gasteiger partial charge >= 0.3 is 12.1 Å². The van der Waals surface area contributed by atoms with E-state index in [1.807, 2.05) is 31.2 Å². The Hall–Kier alpha value is -3.39. The first-order valence-corrected chi connectivity index (χ1v) is 12.2. The van der Waals surface area contributed by atoms with Crippen molar-refractivity contribution in [1.82, 2.24) is 10.2 Å². The van der Waals surface area contributed by atoms with Crippen LogP contribution < -0.4 is 5.32 Å². The average Bonchev–Trinajstić information content (AvgIpc) is 3.19. The van der Waals surface area contributed by atoms with Crippen molar-refractivity contribution >= 4 is 18.0 Å². The second-order valence-electron chi connectivity index (χ2n) is 9.03. The van der Waals surface area contributed by atoms with E-state index in [4.69, 9.17) is 14.6 Å². The summed E-state index contributed by atoms with van der Waals surface area (Å²) in [5.74, 6) is -1.19. The molecular weight excluding hydrogens is 448 g/mol. The number of hydrogen-bond donors (Lipinski definition) is 2. The second kappa shape index (κ2) is 10.9. The van der Waals surface area contributed by atoms with E-state index < -0.39 is 17.6 Å². The number of likely N-dealkylation sites (N-methyl/N-ethyl adjacent to an activating group) is 1. The monoisotopic (exact) mass is 480 g/mol. The molecule has 8 heteroatoms. The number of rotatable bonds is 9. The van der Waals surface area contributed by atoms with Gasteiger partial charge in [-0.25, -0.2) is 4.79 Å². The maximum absolute atomic E-state index is 13.5. The number of amides is 2. The molecular formula is C27H32N2O6. The minimum atomic E-state index is -1.12. The molecule has 0 aromatic heterocycles. The normalized spacial score (nSPS) is 16.1. The predicted molar refractivity (Wildman–Crippen MR) is 130 cm³/mol. The van der Waals surface area contributed by atoms with Gasteiger partial charge in [0, 0.05) is 51.5 Å². The average molecular weight is 481 g/mol. The second-order valence-corrected chi connectivity index (χ2v) is 9.03. The molecule has 1 aliphatic heterocycles. The van der Waals surface area contributed by atoms with E-state index in [0.29, 0.717) is 45.6 Å². The van der Waals surface area contributed by atoms with Crippen LogP contribution >= 0.6 is 0 Å². The van der Waals surface area contributed by atoms with Gasteiger partial charge in [0.2, 0.25) is 5.91 Å². The first-order chi connectivity index (χ1) is 16.9. The van der Waals surface area contributed by atoms with Crippen molar-refractivity contribution < 1.29 is 29.0 Å². The molecule has 1 saturated heterocycles. The van der Waals surface area contributed by atoms with E-state index in [1.165, 1.54) is 0 Å². The third-order valence-electron chi connectivity index (χ3n) is 6.93. The van der Waals surface area contributed by atoms with Gasteiger partial charge in [0.1, 0.15) is 12.1 Å². The number of benzene rings is 2. The van der Waals surface area contributed by atoms with Gasteiger partial charge in [-0.2, -0.15) is 0 Å². The van der Waals surface area contributed by atoms with E-state index in [1.54, 1.807) is 4.90 Å². The highest BCUT2D eigenvalue weighted by atomic mass is 16.5. The van der Waals surface area contributed by atoms with Gasteiger partial charge in [-0.15, -0.1) is 0 Å². The largest absolute Gasteiger partial charge is 0.481 e. The summed E-state index contributed by atoms with van der Waals surface area (Å²) in [5, 5.41) is 11.8. The van der Waals surface area contributed by atoms with Gasteiger partial charge in [-0.1, -0.05) is 48.5 Å². The number of ether oxygens (including phenoxy) is 2. The molecule has 4 rings (SSSR count). The number of carboxylic acid groups (broad SMARTS) is 1. The molecule has 2 aliphatic rings. The summed E-state index contributed by atoms with van der Waals surface area (Å²) in [6, 6.07) is 16.2. The summed E-state index contributed by atoms with van der Waals surface area (Å²) in [5.41, 5.74) is 3.41. The molecule has 1 heterocycles. The smallest absolute Gasteiger partial charge is 0.408 e. The third kappa shape index (κ3) is 5.32. The Kier molecular flexibility index (Phi) is 7.70. The fraction of sp³-hybridized carbons (Fsp3) is 0.444. The van der Waals surface area contributed by atoms with Crippen LogP contribution in [0.1, 0.15) is 49.7 Å². The van der Waals surface area contributed by atoms with E-state index in [-0.39, 0.29) is 24.9 Å². The number of hydrogen-bond acceptors (Lipinski definition) is 5. The van der Waals surface area contributed by atoms with Gasteiger partial charge in [0.15, 0.2) is 0 Å². The van der Waals surface area contributed by atoms with Crippen molar-refractivity contribution in [2.45, 2.75) is 44.1 Å². The molecule has 0 spiro atoms. The lowest BCUT2D eigenvalue weighted by Crippen LogP contribution is -2.62. The maximum Gasteiger partial charge on any atom is 0.408 e. The SMILES string of the molecule is CCN(CCCC(=O)O)C(=O)C1(NC(=O)OCC2c3ccccc3-c3ccccc32)CCOCC1. The van der Waals surface area contributed by atoms with Crippen molar-refractivity contribution in [2.75, 3.05) is 32.9 Å². The Morgan fingerprint density at radius 2 is 1.66 bits per heavy atom. The molecule has 0 unspecified atom stereocenters. The zero-order chi connectivity index (χ0) is 24.8. The van der Waals surface area contributed by atoms with Gasteiger partial charge < -0.3 is 24.8 Å². The number of fused-ring (bicyclic) bond motifs is 3. The van der Waals surface area contributed by atoms with Crippen LogP contribution in [-0.2, 0) is 19.1 Å². The molecule has 2 aromatic carbocycles. The van der Waals surface area contributed by atoms with E-state index in [0.717, 1.165) is 22.3 Å². The minimum absolute atomic E-state index is 0.0142. The molecule has 0 bridgehead atoms. The summed E-state index contributed by atoms with van der Waals surface area (Å²) in [4.78, 5) is 39.0. The van der Waals surface area contributed by atoms with Crippen LogP contribution in [0.3, 0.4) is 0 Å². The van der Waals surface area contributed by atoms with Gasteiger partial charge in [0.05, 0.1) is 0 Å². The lowest BCUT2D eigenvalue weighted by atomic mass is 9.88. The Bertz CT molecular complexity index is 1030. The molecule has 8 nitrogen and oxygen atoms in total. The predicted octanol–water partition coefficient (Wildman–Crippen LogP) is 3.79. The minimum Gasteiger partial charge on any atom is -0.481 e. The Labute approximate surface area is 205 Å². The molecule has 2 N–H and O–H groups in total. The van der Waals surface area contributed by atoms with Gasteiger partial charge in [-0.3, -0.25) is 9.59 Å². The summed E-state index contributed by atoms with van der Waals surface area (Å²) < 4.78 is 11.2. The number of nitrogens with zero attached hydrogens (tertiary/aromatic N) is 1. The van der Waals surface area contributed by atoms with Crippen LogP contribution in [0.2, 0.25) is 0 Å². The highest BCUT2D eigenvalue weighted by Gasteiger charge is 2.44. The maximum atomic E-state index is 13.5. The van der Waals surface area contributed by atoms with Crippen LogP contribution in [0.25, 0.3) is 11.1 Å². The fourth-order valence-electron chi connectivity index (χ4n) is 5.07. The Balaban J connectivity index is 1.45. The zero-order valence-electron chi connectivity index (χ0n) is 20.0. The zero-order valence-corrected chi connectivity index (χ0v) is 20.0. The Morgan fingerprint density at radius 1 is 1.06 bits per heavy atom. The number of carbonyl (C=O) groups is 3. The Morgan fingerprint density at radius 3 is 2.23 bits per heavy atom. The topological polar surface area (TPSA) is 105 Å². The molecule has 0 saturated carbocycles. The van der Waals surface area contributed by atoms with Crippen LogP contribution in [0, 0.1) is 0 Å². The molecule has 2 amide bonds. The van der Waals surface area contributed by atoms with Crippen LogP contribution in [0.5, 0.6) is 0 Å². The molecule has 2 aromatic rings. The molecule has 1 aliphatic carbocycles. The molecule has 186 valence electrons. The first kappa shape index (κ1) is 24.7. The van der Waals surface area contributed by atoms with Crippen molar-refractivity contribution in [2.24, 2.45) is 0 Å². The summed E-state index contributed by atoms with van der Waals surface area (Å²) >= 11 is 0. The lowest BCUT2D eigenvalue weighted by molar-refractivity contribution is -0.143. The number of alkyl carbamates (subject to hydrolysis) is 1. The first-order valence-electron chi connectivity index (χ1n) is 12.2. The number of carboxylic acids is 1. The fourth-order valence-corrected chi connectivity index (χ4v) is 5.07. The highest BCUT2D eigenvalue weighted by molar-refractivity contribution is 5.90. The molecule has 1 fully saturated rings. The summed E-state index contributed by atoms with van der Waals surface area (Å²) in [6.07, 6.45) is 0.381. The van der Waals surface area contributed by atoms with Crippen molar-refractivity contribution in [3.8, 4) is 11.1 Å². The molecule has 0 radical (unpaired) electrons. The van der Waals surface area contributed by atoms with Gasteiger partial charge in [-0.05, 0) is 35.6 Å². The van der Waals surface area contributed by atoms with Crippen molar-refractivity contribution in [1.29, 1.82) is 0 Å². The number of carbonyl (C=O) groups excluding carboxylic acids is 2. The van der Waals surface area contributed by atoms with Crippen LogP contribution in [-0.4, -0.2) is 66.4 Å². The van der Waals surface area contributed by atoms with Crippen LogP contribution in [0.15, 0.2) is 48.5 Å². The van der Waals surface area contributed by atoms with E-state index >= 15 is 0 Å². The van der Waals surface area contributed by atoms with E-state index in [9.17, 15) is 14.4 Å². The number of nitrogens with one attached hydrogen (secondary N) is 1. The van der Waals surface area contributed by atoms with E-state index in [2.05, 4.69) is 29.6 Å². The highest BCUT2D eigenvalue weighted by Crippen LogP contribution is 2.44. The quantitative estimate of drug-likeness (QED) is 0.566. The van der Waals surface area contributed by atoms with Gasteiger partial charge in [0.25, 0.3) is 0 Å². The standard InChI is InChI=1S/C27H32N2O6/c1-2-29(15-7-12-24(30)31)25(32)27(13-16-34-17-14-27)28-26(33)35-18-23-21-10-5-3-8-19(21)20-9-4-6-11-22(20)23/h3-6,8-11,23H,2,7,12-18H2,1H3,(H,28,33)(H,30,31). The third-order valence-corrected chi connectivity index (χ3v) is 6.93. The number of aliphatic carboxylic acids is 1. The van der Waals surface area contributed by atoms with Crippen LogP contribution in [0.4, 0.5) is 4.79 Å². The lowest BCUT2D eigenvalue weighted by Gasteiger charge is -2.39. The summed E-state index contributed by atoms with van der Waals surface area (Å²) in [7, 11) is 0. The van der Waals surface area contributed by atoms with Crippen molar-refractivity contribution in [3.63, 3.8) is 0 Å². The van der Waals surface area contributed by atoms with Crippen molar-refractivity contribution in [3.05, 3.63) is 59.7 Å².